The molecule has 1 aliphatic rings. The number of pyridine rings is 1. The highest BCUT2D eigenvalue weighted by atomic mass is 32.2. The van der Waals surface area contributed by atoms with Crippen molar-refractivity contribution in [3.63, 3.8) is 0 Å². The topological polar surface area (TPSA) is 39.2 Å². The van der Waals surface area contributed by atoms with Crippen LogP contribution in [0.1, 0.15) is 15.9 Å². The molecule has 0 radical (unpaired) electrons. The number of nitrogens with zero attached hydrogens (tertiary/aromatic N) is 1. The van der Waals surface area contributed by atoms with E-state index in [1.54, 1.807) is 11.8 Å². The number of carbonyl (C=O) groups is 1. The van der Waals surface area contributed by atoms with Crippen molar-refractivity contribution in [2.75, 3.05) is 7.11 Å². The van der Waals surface area contributed by atoms with Gasteiger partial charge in [-0.3, -0.25) is 0 Å². The number of fused-ring (bicyclic) bond motifs is 4. The molecule has 1 aliphatic heterocycles. The van der Waals surface area contributed by atoms with Gasteiger partial charge >= 0.3 is 5.97 Å². The first-order valence-electron chi connectivity index (χ1n) is 8.40. The van der Waals surface area contributed by atoms with E-state index in [-0.39, 0.29) is 5.97 Å². The van der Waals surface area contributed by atoms with Gasteiger partial charge in [-0.05, 0) is 42.3 Å². The molecule has 3 aromatic carbocycles. The predicted molar refractivity (Wildman–Crippen MR) is 105 cm³/mol. The van der Waals surface area contributed by atoms with Gasteiger partial charge in [0, 0.05) is 26.1 Å². The predicted octanol–water partition coefficient (Wildman–Crippen LogP) is 5.61. The molecule has 0 spiro atoms. The smallest absolute Gasteiger partial charge is 0.338 e. The summed E-state index contributed by atoms with van der Waals surface area (Å²) in [4.78, 5) is 19.5. The van der Waals surface area contributed by atoms with Gasteiger partial charge in [-0.25, -0.2) is 9.78 Å². The molecule has 0 atom stereocenters. The monoisotopic (exact) mass is 357 g/mol. The molecule has 2 heterocycles. The van der Waals surface area contributed by atoms with E-state index in [0.717, 1.165) is 37.8 Å². The second kappa shape index (κ2) is 5.58. The Kier molecular flexibility index (Phi) is 3.31. The Morgan fingerprint density at radius 3 is 2.73 bits per heavy atom. The average molecular weight is 357 g/mol. The van der Waals surface area contributed by atoms with E-state index in [1.165, 1.54) is 17.6 Å². The summed E-state index contributed by atoms with van der Waals surface area (Å²) in [5.41, 5.74) is 5.73. The lowest BCUT2D eigenvalue weighted by atomic mass is 9.94. The minimum atomic E-state index is -0.313. The Morgan fingerprint density at radius 2 is 1.88 bits per heavy atom. The third kappa shape index (κ3) is 2.09. The molecule has 0 bridgehead atoms. The zero-order valence-corrected chi connectivity index (χ0v) is 15.2. The van der Waals surface area contributed by atoms with Crippen molar-refractivity contribution < 1.29 is 9.53 Å². The van der Waals surface area contributed by atoms with Crippen molar-refractivity contribution in [3.8, 4) is 11.1 Å². The van der Waals surface area contributed by atoms with Crippen LogP contribution >= 0.6 is 11.8 Å². The lowest BCUT2D eigenvalue weighted by Crippen LogP contribution is -2.06. The first-order valence-corrected chi connectivity index (χ1v) is 9.21. The van der Waals surface area contributed by atoms with Gasteiger partial charge in [0.1, 0.15) is 0 Å². The molecule has 0 saturated heterocycles. The minimum absolute atomic E-state index is 0.313. The van der Waals surface area contributed by atoms with E-state index in [2.05, 4.69) is 37.3 Å². The maximum atomic E-state index is 12.3. The van der Waals surface area contributed by atoms with E-state index in [9.17, 15) is 4.79 Å². The van der Waals surface area contributed by atoms with Crippen molar-refractivity contribution in [3.05, 3.63) is 65.7 Å². The zero-order valence-electron chi connectivity index (χ0n) is 14.4. The quantitative estimate of drug-likeness (QED) is 0.288. The molecule has 3 nitrogen and oxygen atoms in total. The largest absolute Gasteiger partial charge is 0.465 e. The number of hydrogen-bond acceptors (Lipinski definition) is 4. The molecular formula is C22H15NO2S. The molecule has 4 aromatic rings. The Balaban J connectivity index is 1.94. The second-order valence-electron chi connectivity index (χ2n) is 6.43. The summed E-state index contributed by atoms with van der Waals surface area (Å²) in [5, 5.41) is 2.26. The van der Waals surface area contributed by atoms with E-state index >= 15 is 0 Å². The summed E-state index contributed by atoms with van der Waals surface area (Å²) in [6, 6.07) is 18.3. The zero-order chi connectivity index (χ0) is 17.8. The van der Waals surface area contributed by atoms with Crippen molar-refractivity contribution in [2.24, 2.45) is 0 Å². The molecule has 0 saturated carbocycles. The summed E-state index contributed by atoms with van der Waals surface area (Å²) in [6.07, 6.45) is 0. The highest BCUT2D eigenvalue weighted by Gasteiger charge is 2.26. The second-order valence-corrected chi connectivity index (χ2v) is 7.49. The number of rotatable bonds is 1. The van der Waals surface area contributed by atoms with Crippen LogP contribution in [-0.2, 0) is 4.74 Å². The van der Waals surface area contributed by atoms with Gasteiger partial charge in [-0.1, -0.05) is 42.1 Å². The molecule has 126 valence electrons. The highest BCUT2D eigenvalue weighted by molar-refractivity contribution is 8.00. The number of carbonyl (C=O) groups excluding carboxylic acids is 1. The van der Waals surface area contributed by atoms with Crippen LogP contribution in [0.3, 0.4) is 0 Å². The summed E-state index contributed by atoms with van der Waals surface area (Å²) >= 11 is 1.70. The van der Waals surface area contributed by atoms with Crippen molar-refractivity contribution in [1.82, 2.24) is 4.98 Å². The maximum absolute atomic E-state index is 12.3. The molecule has 4 heteroatoms. The van der Waals surface area contributed by atoms with Crippen LogP contribution in [0.2, 0.25) is 0 Å². The summed E-state index contributed by atoms with van der Waals surface area (Å²) in [6.45, 7) is 2.08. The van der Waals surface area contributed by atoms with Gasteiger partial charge in [-0.2, -0.15) is 0 Å². The first-order chi connectivity index (χ1) is 12.7. The molecule has 1 aromatic heterocycles. The van der Waals surface area contributed by atoms with E-state index in [0.29, 0.717) is 5.56 Å². The Bertz CT molecular complexity index is 1230. The van der Waals surface area contributed by atoms with Crippen LogP contribution < -0.4 is 0 Å². The summed E-state index contributed by atoms with van der Waals surface area (Å²) < 4.78 is 5.01. The van der Waals surface area contributed by atoms with Gasteiger partial charge in [-0.15, -0.1) is 0 Å². The van der Waals surface area contributed by atoms with Gasteiger partial charge in [0.05, 0.1) is 23.7 Å². The third-order valence-corrected chi connectivity index (χ3v) is 6.01. The average Bonchev–Trinajstić information content (AvgIpc) is 2.66. The van der Waals surface area contributed by atoms with Gasteiger partial charge in [0.2, 0.25) is 0 Å². The van der Waals surface area contributed by atoms with E-state index < -0.39 is 0 Å². The van der Waals surface area contributed by atoms with Crippen molar-refractivity contribution in [2.45, 2.75) is 16.7 Å². The Labute approximate surface area is 155 Å². The number of benzene rings is 3. The minimum Gasteiger partial charge on any atom is -0.465 e. The number of esters is 1. The van der Waals surface area contributed by atoms with E-state index in [4.69, 9.17) is 9.72 Å². The molecule has 0 aliphatic carbocycles. The van der Waals surface area contributed by atoms with Crippen LogP contribution in [-0.4, -0.2) is 18.1 Å². The number of ether oxygens (including phenoxy) is 1. The Hall–Kier alpha value is -2.85. The maximum Gasteiger partial charge on any atom is 0.338 e. The highest BCUT2D eigenvalue weighted by Crippen LogP contribution is 2.51. The summed E-state index contributed by atoms with van der Waals surface area (Å²) in [5.74, 6) is -0.313. The molecule has 0 fully saturated rings. The van der Waals surface area contributed by atoms with Gasteiger partial charge in [0.25, 0.3) is 0 Å². The fourth-order valence-corrected chi connectivity index (χ4v) is 4.95. The lowest BCUT2D eigenvalue weighted by Gasteiger charge is -2.23. The number of hydrogen-bond donors (Lipinski definition) is 0. The van der Waals surface area contributed by atoms with Crippen LogP contribution in [0.25, 0.3) is 32.9 Å². The fourth-order valence-electron chi connectivity index (χ4n) is 3.66. The van der Waals surface area contributed by atoms with Gasteiger partial charge < -0.3 is 4.74 Å². The van der Waals surface area contributed by atoms with Crippen LogP contribution in [0, 0.1) is 6.92 Å². The number of aryl methyl sites for hydroxylation is 1. The standard InChI is InChI=1S/C22H15NO2S/c1-12-9-10-13-17(11-12)23-16-7-3-5-14-19-15(22(24)25-2)6-4-8-18(19)26-21(13)20(14)16/h3-11H,1-2H3. The van der Waals surface area contributed by atoms with Crippen LogP contribution in [0.5, 0.6) is 0 Å². The Morgan fingerprint density at radius 1 is 1.04 bits per heavy atom. The summed E-state index contributed by atoms with van der Waals surface area (Å²) in [7, 11) is 1.42. The molecular weight excluding hydrogens is 342 g/mol. The SMILES string of the molecule is COC(=O)c1cccc2c1-c1cccc3nc4cc(C)ccc4c(c13)S2. The fraction of sp³-hybridized carbons (Fsp3) is 0.0909. The number of methoxy groups -OCH3 is 1. The molecule has 26 heavy (non-hydrogen) atoms. The lowest BCUT2D eigenvalue weighted by molar-refractivity contribution is 0.0601. The van der Waals surface area contributed by atoms with Gasteiger partial charge in [0.15, 0.2) is 0 Å². The normalized spacial score (nSPS) is 12.2. The van der Waals surface area contributed by atoms with Crippen LogP contribution in [0.15, 0.2) is 64.4 Å². The number of aromatic nitrogens is 1. The van der Waals surface area contributed by atoms with Crippen molar-refractivity contribution >= 4 is 39.5 Å². The molecule has 0 unspecified atom stereocenters. The third-order valence-electron chi connectivity index (χ3n) is 4.82. The van der Waals surface area contributed by atoms with Crippen molar-refractivity contribution in [1.29, 1.82) is 0 Å². The molecule has 0 amide bonds. The molecule has 0 N–H and O–H groups in total. The van der Waals surface area contributed by atoms with E-state index in [1.807, 2.05) is 24.3 Å². The van der Waals surface area contributed by atoms with Crippen LogP contribution in [0.4, 0.5) is 0 Å². The molecule has 5 rings (SSSR count). The first kappa shape index (κ1) is 15.4.